The first kappa shape index (κ1) is 9.38. The van der Waals surface area contributed by atoms with Crippen LogP contribution in [0, 0.1) is 11.3 Å². The average molecular weight is 265 g/mol. The van der Waals surface area contributed by atoms with Crippen LogP contribution in [0.3, 0.4) is 0 Å². The van der Waals surface area contributed by atoms with Crippen LogP contribution in [0.4, 0.5) is 0 Å². The number of halogens is 1. The van der Waals surface area contributed by atoms with E-state index >= 15 is 0 Å². The molecule has 0 unspecified atom stereocenters. The predicted molar refractivity (Wildman–Crippen MR) is 60.0 cm³/mol. The Kier molecular flexibility index (Phi) is 2.62. The number of rotatable bonds is 1. The smallest absolute Gasteiger partial charge is 0.125 e. The first-order chi connectivity index (χ1) is 6.81. The highest BCUT2D eigenvalue weighted by Gasteiger charge is 2.06. The van der Waals surface area contributed by atoms with E-state index in [0.717, 1.165) is 15.0 Å². The van der Waals surface area contributed by atoms with Gasteiger partial charge in [-0.3, -0.25) is 0 Å². The molecule has 1 heterocycles. The van der Waals surface area contributed by atoms with E-state index in [1.54, 1.807) is 6.20 Å². The first-order valence-corrected chi connectivity index (χ1v) is 5.53. The fraction of sp³-hybridized carbons (Fsp3) is 0. The molecule has 2 nitrogen and oxygen atoms in total. The van der Waals surface area contributed by atoms with Crippen LogP contribution in [0.2, 0.25) is 0 Å². The monoisotopic (exact) mass is 264 g/mol. The Morgan fingerprint density at radius 1 is 1.36 bits per heavy atom. The first-order valence-electron chi connectivity index (χ1n) is 3.92. The lowest BCUT2D eigenvalue weighted by Gasteiger charge is -1.97. The second kappa shape index (κ2) is 3.91. The maximum Gasteiger partial charge on any atom is 0.125 e. The summed E-state index contributed by atoms with van der Waals surface area (Å²) in [5.74, 6) is 0. The maximum atomic E-state index is 8.68. The van der Waals surface area contributed by atoms with Crippen LogP contribution in [0.1, 0.15) is 4.88 Å². The SMILES string of the molecule is N#Cc1cnc(-c2ccccc2Br)s1. The van der Waals surface area contributed by atoms with Crippen molar-refractivity contribution in [3.8, 4) is 16.6 Å². The van der Waals surface area contributed by atoms with E-state index in [1.165, 1.54) is 11.3 Å². The van der Waals surface area contributed by atoms with Crippen molar-refractivity contribution in [3.63, 3.8) is 0 Å². The van der Waals surface area contributed by atoms with Gasteiger partial charge in [-0.05, 0) is 6.07 Å². The molecule has 68 valence electrons. The van der Waals surface area contributed by atoms with Crippen molar-refractivity contribution in [1.82, 2.24) is 4.98 Å². The molecule has 4 heteroatoms. The van der Waals surface area contributed by atoms with Crippen LogP contribution < -0.4 is 0 Å². The zero-order chi connectivity index (χ0) is 9.97. The van der Waals surface area contributed by atoms with Gasteiger partial charge in [0.15, 0.2) is 0 Å². The normalized spacial score (nSPS) is 9.71. The highest BCUT2D eigenvalue weighted by molar-refractivity contribution is 9.10. The third-order valence-electron chi connectivity index (χ3n) is 1.72. The van der Waals surface area contributed by atoms with Crippen LogP contribution in [-0.4, -0.2) is 4.98 Å². The lowest BCUT2D eigenvalue weighted by molar-refractivity contribution is 1.39. The number of hydrogen-bond donors (Lipinski definition) is 0. The van der Waals surface area contributed by atoms with Crippen LogP contribution in [0.15, 0.2) is 34.9 Å². The highest BCUT2D eigenvalue weighted by atomic mass is 79.9. The third kappa shape index (κ3) is 1.69. The van der Waals surface area contributed by atoms with E-state index in [4.69, 9.17) is 5.26 Å². The molecule has 0 aliphatic heterocycles. The molecule has 1 aromatic carbocycles. The molecule has 2 rings (SSSR count). The van der Waals surface area contributed by atoms with Gasteiger partial charge in [-0.25, -0.2) is 4.98 Å². The molecule has 0 radical (unpaired) electrons. The quantitative estimate of drug-likeness (QED) is 0.791. The van der Waals surface area contributed by atoms with Gasteiger partial charge in [-0.15, -0.1) is 11.3 Å². The summed E-state index contributed by atoms with van der Waals surface area (Å²) < 4.78 is 0.999. The van der Waals surface area contributed by atoms with Gasteiger partial charge in [0.1, 0.15) is 16.0 Å². The zero-order valence-corrected chi connectivity index (χ0v) is 9.47. The van der Waals surface area contributed by atoms with Gasteiger partial charge in [0.05, 0.1) is 6.20 Å². The lowest BCUT2D eigenvalue weighted by atomic mass is 10.2. The summed E-state index contributed by atoms with van der Waals surface area (Å²) in [5, 5.41) is 9.55. The predicted octanol–water partition coefficient (Wildman–Crippen LogP) is 3.44. The van der Waals surface area contributed by atoms with E-state index in [9.17, 15) is 0 Å². The molecule has 14 heavy (non-hydrogen) atoms. The Hall–Kier alpha value is -1.18. The number of thiazole rings is 1. The maximum absolute atomic E-state index is 8.68. The van der Waals surface area contributed by atoms with Crippen LogP contribution in [-0.2, 0) is 0 Å². The molecule has 0 amide bonds. The van der Waals surface area contributed by atoms with Crippen LogP contribution in [0.25, 0.3) is 10.6 Å². The third-order valence-corrected chi connectivity index (χ3v) is 3.35. The minimum atomic E-state index is 0.635. The van der Waals surface area contributed by atoms with E-state index in [0.29, 0.717) is 4.88 Å². The van der Waals surface area contributed by atoms with Gasteiger partial charge in [-0.1, -0.05) is 34.1 Å². The molecule has 0 fully saturated rings. The topological polar surface area (TPSA) is 36.7 Å². The Balaban J connectivity index is 2.51. The summed E-state index contributed by atoms with van der Waals surface area (Å²) in [6.45, 7) is 0. The van der Waals surface area contributed by atoms with Crippen LogP contribution >= 0.6 is 27.3 Å². The molecule has 0 bridgehead atoms. The van der Waals surface area contributed by atoms with Crippen molar-refractivity contribution < 1.29 is 0 Å². The molecule has 0 saturated heterocycles. The van der Waals surface area contributed by atoms with Gasteiger partial charge in [-0.2, -0.15) is 5.26 Å². The molecule has 0 N–H and O–H groups in total. The molecule has 0 saturated carbocycles. The van der Waals surface area contributed by atoms with E-state index in [2.05, 4.69) is 27.0 Å². The van der Waals surface area contributed by atoms with Crippen molar-refractivity contribution >= 4 is 27.3 Å². The van der Waals surface area contributed by atoms with Crippen molar-refractivity contribution in [2.24, 2.45) is 0 Å². The van der Waals surface area contributed by atoms with Crippen molar-refractivity contribution in [3.05, 3.63) is 39.8 Å². The standard InChI is InChI=1S/C10H5BrN2S/c11-9-4-2-1-3-8(9)10-13-6-7(5-12)14-10/h1-4,6H. The summed E-state index contributed by atoms with van der Waals surface area (Å²) >= 11 is 4.85. The van der Waals surface area contributed by atoms with Crippen molar-refractivity contribution in [1.29, 1.82) is 5.26 Å². The van der Waals surface area contributed by atoms with Crippen LogP contribution in [0.5, 0.6) is 0 Å². The van der Waals surface area contributed by atoms with Gasteiger partial charge in [0, 0.05) is 10.0 Å². The number of hydrogen-bond acceptors (Lipinski definition) is 3. The molecule has 2 aromatic rings. The minimum Gasteiger partial charge on any atom is -0.243 e. The second-order valence-electron chi connectivity index (χ2n) is 2.62. The lowest BCUT2D eigenvalue weighted by Crippen LogP contribution is -1.75. The average Bonchev–Trinajstić information content (AvgIpc) is 2.67. The van der Waals surface area contributed by atoms with Gasteiger partial charge in [0.2, 0.25) is 0 Å². The Bertz CT molecular complexity index is 499. The van der Waals surface area contributed by atoms with Gasteiger partial charge < -0.3 is 0 Å². The molecule has 0 aliphatic carbocycles. The van der Waals surface area contributed by atoms with Gasteiger partial charge in [0.25, 0.3) is 0 Å². The molecular formula is C10H5BrN2S. The number of nitriles is 1. The summed E-state index contributed by atoms with van der Waals surface area (Å²) in [7, 11) is 0. The molecule has 0 atom stereocenters. The number of nitrogens with zero attached hydrogens (tertiary/aromatic N) is 2. The zero-order valence-electron chi connectivity index (χ0n) is 7.07. The van der Waals surface area contributed by atoms with E-state index in [-0.39, 0.29) is 0 Å². The fourth-order valence-corrected chi connectivity index (χ4v) is 2.44. The molecule has 0 spiro atoms. The highest BCUT2D eigenvalue weighted by Crippen LogP contribution is 2.30. The largest absolute Gasteiger partial charge is 0.243 e. The summed E-state index contributed by atoms with van der Waals surface area (Å²) in [5.41, 5.74) is 1.03. The number of aromatic nitrogens is 1. The van der Waals surface area contributed by atoms with Crippen molar-refractivity contribution in [2.75, 3.05) is 0 Å². The molecule has 0 aliphatic rings. The second-order valence-corrected chi connectivity index (χ2v) is 4.51. The van der Waals surface area contributed by atoms with Gasteiger partial charge >= 0.3 is 0 Å². The minimum absolute atomic E-state index is 0.635. The fourth-order valence-electron chi connectivity index (χ4n) is 1.08. The number of benzene rings is 1. The molecule has 1 aromatic heterocycles. The molecular weight excluding hydrogens is 260 g/mol. The summed E-state index contributed by atoms with van der Waals surface area (Å²) in [6.07, 6.45) is 1.60. The van der Waals surface area contributed by atoms with E-state index < -0.39 is 0 Å². The Morgan fingerprint density at radius 3 is 2.79 bits per heavy atom. The Labute approximate surface area is 94.0 Å². The summed E-state index contributed by atoms with van der Waals surface area (Å²) in [4.78, 5) is 4.82. The van der Waals surface area contributed by atoms with Crippen molar-refractivity contribution in [2.45, 2.75) is 0 Å². The van der Waals surface area contributed by atoms with E-state index in [1.807, 2.05) is 24.3 Å². The Morgan fingerprint density at radius 2 is 2.14 bits per heavy atom. The summed E-state index contributed by atoms with van der Waals surface area (Å²) in [6, 6.07) is 9.92.